The largest absolute Gasteiger partial charge is 0.497 e. The summed E-state index contributed by atoms with van der Waals surface area (Å²) in [4.78, 5) is 22.1. The summed E-state index contributed by atoms with van der Waals surface area (Å²) in [5.41, 5.74) is 11.1. The summed E-state index contributed by atoms with van der Waals surface area (Å²) in [6.07, 6.45) is 0. The fraction of sp³-hybridized carbons (Fsp3) is 0.200. The molecule has 0 unspecified atom stereocenters. The van der Waals surface area contributed by atoms with E-state index in [9.17, 15) is 9.59 Å². The standard InChI is InChI=1S/C10H13N3O3/c1-16-6-2-3-8(11)7(4-6)10(15)13-5-9(12)14/h2-4H,5,11H2,1H3,(H2,12,14)(H,13,15). The van der Waals surface area contributed by atoms with Gasteiger partial charge in [0.15, 0.2) is 0 Å². The summed E-state index contributed by atoms with van der Waals surface area (Å²) in [5.74, 6) is -0.566. The first-order valence-electron chi connectivity index (χ1n) is 4.54. The molecule has 5 N–H and O–H groups in total. The molecule has 0 heterocycles. The van der Waals surface area contributed by atoms with Crippen molar-refractivity contribution in [3.63, 3.8) is 0 Å². The summed E-state index contributed by atoms with van der Waals surface area (Å²) in [7, 11) is 1.48. The predicted octanol–water partition coefficient (Wildman–Crippen LogP) is -0.507. The highest BCUT2D eigenvalue weighted by Crippen LogP contribution is 2.19. The highest BCUT2D eigenvalue weighted by atomic mass is 16.5. The van der Waals surface area contributed by atoms with Crippen molar-refractivity contribution in [1.82, 2.24) is 5.32 Å². The van der Waals surface area contributed by atoms with Gasteiger partial charge in [0.1, 0.15) is 5.75 Å². The fourth-order valence-corrected chi connectivity index (χ4v) is 1.12. The highest BCUT2D eigenvalue weighted by Gasteiger charge is 2.11. The van der Waals surface area contributed by atoms with Crippen LogP contribution in [0.15, 0.2) is 18.2 Å². The van der Waals surface area contributed by atoms with Crippen LogP contribution >= 0.6 is 0 Å². The van der Waals surface area contributed by atoms with Gasteiger partial charge in [0, 0.05) is 5.69 Å². The van der Waals surface area contributed by atoms with Crippen LogP contribution in [0.3, 0.4) is 0 Å². The van der Waals surface area contributed by atoms with Gasteiger partial charge in [0.25, 0.3) is 5.91 Å². The fourth-order valence-electron chi connectivity index (χ4n) is 1.12. The lowest BCUT2D eigenvalue weighted by Crippen LogP contribution is -2.33. The number of primary amides is 1. The Morgan fingerprint density at radius 3 is 2.69 bits per heavy atom. The van der Waals surface area contributed by atoms with E-state index >= 15 is 0 Å². The number of anilines is 1. The zero-order valence-electron chi connectivity index (χ0n) is 8.82. The molecule has 0 radical (unpaired) electrons. The number of ether oxygens (including phenoxy) is 1. The van der Waals surface area contributed by atoms with Crippen molar-refractivity contribution in [2.75, 3.05) is 19.4 Å². The number of carbonyl (C=O) groups excluding carboxylic acids is 2. The molecule has 1 aromatic carbocycles. The molecule has 0 saturated heterocycles. The smallest absolute Gasteiger partial charge is 0.253 e. The second-order valence-corrected chi connectivity index (χ2v) is 3.10. The molecule has 86 valence electrons. The first-order valence-corrected chi connectivity index (χ1v) is 4.54. The molecule has 0 fully saturated rings. The Labute approximate surface area is 92.6 Å². The normalized spacial score (nSPS) is 9.56. The van der Waals surface area contributed by atoms with Crippen LogP contribution in [0.25, 0.3) is 0 Å². The Balaban J connectivity index is 2.85. The number of hydrogen-bond acceptors (Lipinski definition) is 4. The van der Waals surface area contributed by atoms with Crippen LogP contribution in [0.5, 0.6) is 5.75 Å². The second-order valence-electron chi connectivity index (χ2n) is 3.10. The number of nitrogen functional groups attached to an aromatic ring is 1. The van der Waals surface area contributed by atoms with E-state index in [0.717, 1.165) is 0 Å². The zero-order chi connectivity index (χ0) is 12.1. The first kappa shape index (κ1) is 11.8. The van der Waals surface area contributed by atoms with E-state index in [1.165, 1.54) is 13.2 Å². The minimum Gasteiger partial charge on any atom is -0.497 e. The van der Waals surface area contributed by atoms with Gasteiger partial charge >= 0.3 is 0 Å². The van der Waals surface area contributed by atoms with Crippen LogP contribution in [-0.4, -0.2) is 25.5 Å². The molecule has 0 saturated carbocycles. The van der Waals surface area contributed by atoms with Gasteiger partial charge in [0.2, 0.25) is 5.91 Å². The number of methoxy groups -OCH3 is 1. The Kier molecular flexibility index (Phi) is 3.71. The maximum atomic E-state index is 11.6. The van der Waals surface area contributed by atoms with Gasteiger partial charge in [-0.15, -0.1) is 0 Å². The minimum absolute atomic E-state index is 0.227. The summed E-state index contributed by atoms with van der Waals surface area (Å²) in [6, 6.07) is 4.68. The van der Waals surface area contributed by atoms with Gasteiger partial charge in [-0.25, -0.2) is 0 Å². The monoisotopic (exact) mass is 223 g/mol. The van der Waals surface area contributed by atoms with Crippen molar-refractivity contribution in [1.29, 1.82) is 0 Å². The van der Waals surface area contributed by atoms with Gasteiger partial charge in [-0.2, -0.15) is 0 Å². The van der Waals surface area contributed by atoms with Gasteiger partial charge in [0.05, 0.1) is 19.2 Å². The molecule has 0 bridgehead atoms. The van der Waals surface area contributed by atoms with Gasteiger partial charge in [-0.3, -0.25) is 9.59 Å². The lowest BCUT2D eigenvalue weighted by molar-refractivity contribution is -0.117. The molecule has 0 aliphatic rings. The Morgan fingerprint density at radius 1 is 1.44 bits per heavy atom. The van der Waals surface area contributed by atoms with E-state index in [4.69, 9.17) is 16.2 Å². The summed E-state index contributed by atoms with van der Waals surface area (Å²) < 4.78 is 4.96. The van der Waals surface area contributed by atoms with Crippen molar-refractivity contribution in [3.05, 3.63) is 23.8 Å². The van der Waals surface area contributed by atoms with E-state index in [-0.39, 0.29) is 12.1 Å². The van der Waals surface area contributed by atoms with Crippen molar-refractivity contribution in [2.24, 2.45) is 5.73 Å². The molecule has 0 spiro atoms. The van der Waals surface area contributed by atoms with Crippen LogP contribution in [0.4, 0.5) is 5.69 Å². The number of nitrogens with two attached hydrogens (primary N) is 2. The number of nitrogens with one attached hydrogen (secondary N) is 1. The second kappa shape index (κ2) is 5.01. The number of hydrogen-bond donors (Lipinski definition) is 3. The van der Waals surface area contributed by atoms with Crippen LogP contribution in [0.1, 0.15) is 10.4 Å². The molecule has 1 aromatic rings. The molecular formula is C10H13N3O3. The Hall–Kier alpha value is -2.24. The van der Waals surface area contributed by atoms with Gasteiger partial charge < -0.3 is 21.5 Å². The third-order valence-corrected chi connectivity index (χ3v) is 1.93. The highest BCUT2D eigenvalue weighted by molar-refractivity contribution is 6.00. The van der Waals surface area contributed by atoms with Crippen LogP contribution < -0.4 is 21.5 Å². The summed E-state index contributed by atoms with van der Waals surface area (Å²) in [6.45, 7) is -0.227. The average molecular weight is 223 g/mol. The van der Waals surface area contributed by atoms with Crippen LogP contribution in [0.2, 0.25) is 0 Å². The topological polar surface area (TPSA) is 107 Å². The zero-order valence-corrected chi connectivity index (χ0v) is 8.82. The third kappa shape index (κ3) is 2.88. The van der Waals surface area contributed by atoms with E-state index in [2.05, 4.69) is 5.32 Å². The van der Waals surface area contributed by atoms with E-state index in [1.54, 1.807) is 12.1 Å². The maximum absolute atomic E-state index is 11.6. The number of rotatable bonds is 4. The summed E-state index contributed by atoms with van der Waals surface area (Å²) >= 11 is 0. The Bertz CT molecular complexity index is 418. The molecule has 6 nitrogen and oxygen atoms in total. The molecule has 0 aliphatic carbocycles. The number of carbonyl (C=O) groups is 2. The number of benzene rings is 1. The molecular weight excluding hydrogens is 210 g/mol. The number of amides is 2. The van der Waals surface area contributed by atoms with Gasteiger partial charge in [-0.1, -0.05) is 0 Å². The van der Waals surface area contributed by atoms with Crippen molar-refractivity contribution in [3.8, 4) is 5.75 Å². The molecule has 1 rings (SSSR count). The van der Waals surface area contributed by atoms with Crippen molar-refractivity contribution in [2.45, 2.75) is 0 Å². The van der Waals surface area contributed by atoms with E-state index in [1.807, 2.05) is 0 Å². The minimum atomic E-state index is -0.616. The average Bonchev–Trinajstić information content (AvgIpc) is 2.26. The molecule has 2 amide bonds. The Morgan fingerprint density at radius 2 is 2.12 bits per heavy atom. The lowest BCUT2D eigenvalue weighted by Gasteiger charge is -2.07. The molecule has 0 atom stereocenters. The quantitative estimate of drug-likeness (QED) is 0.597. The van der Waals surface area contributed by atoms with E-state index < -0.39 is 11.8 Å². The molecule has 6 heteroatoms. The summed E-state index contributed by atoms with van der Waals surface area (Å²) in [5, 5.41) is 2.34. The molecule has 0 aromatic heterocycles. The first-order chi connectivity index (χ1) is 7.54. The molecule has 16 heavy (non-hydrogen) atoms. The van der Waals surface area contributed by atoms with Crippen molar-refractivity contribution < 1.29 is 14.3 Å². The third-order valence-electron chi connectivity index (χ3n) is 1.93. The van der Waals surface area contributed by atoms with Gasteiger partial charge in [-0.05, 0) is 18.2 Å². The predicted molar refractivity (Wildman–Crippen MR) is 58.9 cm³/mol. The van der Waals surface area contributed by atoms with E-state index in [0.29, 0.717) is 11.4 Å². The van der Waals surface area contributed by atoms with Crippen LogP contribution in [0, 0.1) is 0 Å². The SMILES string of the molecule is COc1ccc(N)c(C(=O)NCC(N)=O)c1. The maximum Gasteiger partial charge on any atom is 0.253 e. The van der Waals surface area contributed by atoms with Crippen molar-refractivity contribution >= 4 is 17.5 Å². The molecule has 0 aliphatic heterocycles. The van der Waals surface area contributed by atoms with Crippen LogP contribution in [-0.2, 0) is 4.79 Å². The lowest BCUT2D eigenvalue weighted by atomic mass is 10.1.